The van der Waals surface area contributed by atoms with Crippen LogP contribution in [0.15, 0.2) is 47.0 Å². The monoisotopic (exact) mass is 370 g/mol. The zero-order chi connectivity index (χ0) is 19.2. The summed E-state index contributed by atoms with van der Waals surface area (Å²) in [6, 6.07) is 12.5. The predicted molar refractivity (Wildman–Crippen MR) is 95.0 cm³/mol. The number of hydrogen-bond donors (Lipinski definition) is 0. The Hall–Kier alpha value is -3.55. The van der Waals surface area contributed by atoms with Gasteiger partial charge in [0.15, 0.2) is 18.1 Å². The van der Waals surface area contributed by atoms with Crippen LogP contribution in [-0.4, -0.2) is 37.4 Å². The number of carbonyl (C=O) groups is 1. The minimum atomic E-state index is -0.618. The van der Waals surface area contributed by atoms with Crippen LogP contribution in [0.25, 0.3) is 11.4 Å². The molecular weight excluding hydrogens is 352 g/mol. The molecule has 8 nitrogen and oxygen atoms in total. The molecule has 27 heavy (non-hydrogen) atoms. The number of nitrogens with zero attached hydrogens (tertiary/aromatic N) is 2. The highest BCUT2D eigenvalue weighted by atomic mass is 16.6. The molecule has 8 heteroatoms. The van der Waals surface area contributed by atoms with E-state index in [4.69, 9.17) is 23.5 Å². The second kappa shape index (κ2) is 8.22. The van der Waals surface area contributed by atoms with Crippen molar-refractivity contribution in [1.82, 2.24) is 10.1 Å². The molecule has 1 aromatic heterocycles. The number of carbonyl (C=O) groups excluding carboxylic acids is 1. The zero-order valence-corrected chi connectivity index (χ0v) is 15.1. The lowest BCUT2D eigenvalue weighted by atomic mass is 10.1. The molecule has 3 aromatic rings. The van der Waals surface area contributed by atoms with Gasteiger partial charge in [-0.05, 0) is 12.1 Å². The van der Waals surface area contributed by atoms with Gasteiger partial charge in [0.25, 0.3) is 5.89 Å². The third-order valence-electron chi connectivity index (χ3n) is 3.75. The summed E-state index contributed by atoms with van der Waals surface area (Å²) >= 11 is 0. The predicted octanol–water partition coefficient (Wildman–Crippen LogP) is 3.12. The molecule has 0 saturated heterocycles. The molecule has 0 aliphatic rings. The largest absolute Gasteiger partial charge is 0.493 e. The molecule has 0 saturated carbocycles. The van der Waals surface area contributed by atoms with Crippen molar-refractivity contribution in [3.05, 3.63) is 53.9 Å². The van der Waals surface area contributed by atoms with E-state index in [9.17, 15) is 4.79 Å². The maximum Gasteiger partial charge on any atom is 0.342 e. The molecule has 0 unspecified atom stereocenters. The van der Waals surface area contributed by atoms with Crippen LogP contribution in [0.4, 0.5) is 0 Å². The first kappa shape index (κ1) is 18.2. The number of rotatable bonds is 7. The zero-order valence-electron chi connectivity index (χ0n) is 15.1. The summed E-state index contributed by atoms with van der Waals surface area (Å²) < 4.78 is 26.1. The van der Waals surface area contributed by atoms with E-state index in [1.807, 2.05) is 30.3 Å². The van der Waals surface area contributed by atoms with Gasteiger partial charge in [-0.25, -0.2) is 4.79 Å². The molecule has 0 bridgehead atoms. The van der Waals surface area contributed by atoms with Crippen LogP contribution in [0.5, 0.6) is 17.2 Å². The minimum absolute atomic E-state index is 0.170. The van der Waals surface area contributed by atoms with Crippen LogP contribution in [0.1, 0.15) is 16.2 Å². The van der Waals surface area contributed by atoms with Crippen LogP contribution in [0, 0.1) is 0 Å². The SMILES string of the molecule is COc1ccc(C(=O)OCc2nc(-c3ccccc3)no2)c(OC)c1OC. The summed E-state index contributed by atoms with van der Waals surface area (Å²) in [6.07, 6.45) is 0. The van der Waals surface area contributed by atoms with E-state index in [1.165, 1.54) is 27.4 Å². The smallest absolute Gasteiger partial charge is 0.342 e. The molecule has 0 aliphatic carbocycles. The second-order valence-corrected chi connectivity index (χ2v) is 5.34. The molecule has 0 spiro atoms. The summed E-state index contributed by atoms with van der Waals surface area (Å²) in [5, 5.41) is 3.88. The Balaban J connectivity index is 1.74. The topological polar surface area (TPSA) is 92.9 Å². The third kappa shape index (κ3) is 3.84. The molecule has 0 atom stereocenters. The summed E-state index contributed by atoms with van der Waals surface area (Å²) in [5.74, 6) is 0.950. The number of esters is 1. The molecule has 0 radical (unpaired) electrons. The van der Waals surface area contributed by atoms with Gasteiger partial charge in [-0.1, -0.05) is 35.5 Å². The van der Waals surface area contributed by atoms with Gasteiger partial charge in [0, 0.05) is 5.56 Å². The summed E-state index contributed by atoms with van der Waals surface area (Å²) in [5.41, 5.74) is 0.998. The molecular formula is C19H18N2O6. The van der Waals surface area contributed by atoms with Gasteiger partial charge in [-0.3, -0.25) is 0 Å². The third-order valence-corrected chi connectivity index (χ3v) is 3.75. The van der Waals surface area contributed by atoms with Crippen LogP contribution < -0.4 is 14.2 Å². The van der Waals surface area contributed by atoms with Gasteiger partial charge in [0.05, 0.1) is 21.3 Å². The van der Waals surface area contributed by atoms with Gasteiger partial charge in [0.1, 0.15) is 5.56 Å². The quantitative estimate of drug-likeness (QED) is 0.586. The fourth-order valence-corrected chi connectivity index (χ4v) is 2.49. The van der Waals surface area contributed by atoms with Crippen molar-refractivity contribution in [2.24, 2.45) is 0 Å². The Bertz CT molecular complexity index is 923. The number of ether oxygens (including phenoxy) is 4. The van der Waals surface area contributed by atoms with Gasteiger partial charge in [0.2, 0.25) is 11.6 Å². The van der Waals surface area contributed by atoms with Crippen molar-refractivity contribution >= 4 is 5.97 Å². The molecule has 1 heterocycles. The Morgan fingerprint density at radius 2 is 1.70 bits per heavy atom. The Labute approximate surface area is 155 Å². The molecule has 0 fully saturated rings. The highest BCUT2D eigenvalue weighted by Gasteiger charge is 2.22. The summed E-state index contributed by atoms with van der Waals surface area (Å²) in [7, 11) is 4.38. The van der Waals surface area contributed by atoms with E-state index in [-0.39, 0.29) is 23.8 Å². The van der Waals surface area contributed by atoms with Crippen LogP contribution in [0.3, 0.4) is 0 Å². The van der Waals surface area contributed by atoms with Crippen molar-refractivity contribution in [2.75, 3.05) is 21.3 Å². The van der Waals surface area contributed by atoms with E-state index >= 15 is 0 Å². The molecule has 2 aromatic carbocycles. The number of benzene rings is 2. The lowest BCUT2D eigenvalue weighted by molar-refractivity contribution is 0.0425. The van der Waals surface area contributed by atoms with Gasteiger partial charge < -0.3 is 23.5 Å². The maximum absolute atomic E-state index is 12.5. The van der Waals surface area contributed by atoms with E-state index in [2.05, 4.69) is 10.1 Å². The highest BCUT2D eigenvalue weighted by Crippen LogP contribution is 2.40. The highest BCUT2D eigenvalue weighted by molar-refractivity contribution is 5.94. The second-order valence-electron chi connectivity index (χ2n) is 5.34. The average molecular weight is 370 g/mol. The normalized spacial score (nSPS) is 10.3. The summed E-state index contributed by atoms with van der Waals surface area (Å²) in [4.78, 5) is 16.7. The van der Waals surface area contributed by atoms with E-state index in [0.717, 1.165) is 5.56 Å². The van der Waals surface area contributed by atoms with E-state index in [1.54, 1.807) is 6.07 Å². The lowest BCUT2D eigenvalue weighted by Gasteiger charge is -2.14. The first-order chi connectivity index (χ1) is 13.2. The van der Waals surface area contributed by atoms with Crippen molar-refractivity contribution in [3.8, 4) is 28.6 Å². The molecule has 0 N–H and O–H groups in total. The fourth-order valence-electron chi connectivity index (χ4n) is 2.49. The van der Waals surface area contributed by atoms with Crippen molar-refractivity contribution in [1.29, 1.82) is 0 Å². The molecule has 140 valence electrons. The van der Waals surface area contributed by atoms with Crippen molar-refractivity contribution in [2.45, 2.75) is 6.61 Å². The Morgan fingerprint density at radius 3 is 2.37 bits per heavy atom. The van der Waals surface area contributed by atoms with E-state index < -0.39 is 5.97 Å². The van der Waals surface area contributed by atoms with Crippen molar-refractivity contribution in [3.63, 3.8) is 0 Å². The Kier molecular flexibility index (Phi) is 5.55. The van der Waals surface area contributed by atoms with Crippen LogP contribution >= 0.6 is 0 Å². The molecule has 0 aliphatic heterocycles. The average Bonchev–Trinajstić information content (AvgIpc) is 3.20. The van der Waals surface area contributed by atoms with Gasteiger partial charge >= 0.3 is 5.97 Å². The number of hydrogen-bond acceptors (Lipinski definition) is 8. The van der Waals surface area contributed by atoms with Gasteiger partial charge in [-0.2, -0.15) is 4.98 Å². The standard InChI is InChI=1S/C19H18N2O6/c1-23-14-10-9-13(16(24-2)17(14)25-3)19(22)26-11-15-20-18(21-27-15)12-7-5-4-6-8-12/h4-10H,11H2,1-3H3. The minimum Gasteiger partial charge on any atom is -0.493 e. The number of aromatic nitrogens is 2. The van der Waals surface area contributed by atoms with Gasteiger partial charge in [-0.15, -0.1) is 0 Å². The lowest BCUT2D eigenvalue weighted by Crippen LogP contribution is -2.09. The van der Waals surface area contributed by atoms with Crippen LogP contribution in [0.2, 0.25) is 0 Å². The van der Waals surface area contributed by atoms with Crippen molar-refractivity contribution < 1.29 is 28.3 Å². The molecule has 3 rings (SSSR count). The fraction of sp³-hybridized carbons (Fsp3) is 0.211. The molecule has 0 amide bonds. The number of methoxy groups -OCH3 is 3. The first-order valence-corrected chi connectivity index (χ1v) is 8.02. The van der Waals surface area contributed by atoms with E-state index in [0.29, 0.717) is 17.3 Å². The summed E-state index contributed by atoms with van der Waals surface area (Å²) in [6.45, 7) is -0.170. The van der Waals surface area contributed by atoms with Crippen LogP contribution in [-0.2, 0) is 11.3 Å². The Morgan fingerprint density at radius 1 is 0.963 bits per heavy atom. The maximum atomic E-state index is 12.5. The first-order valence-electron chi connectivity index (χ1n) is 8.02.